The first-order chi connectivity index (χ1) is 15.1. The molecule has 1 fully saturated rings. The van der Waals surface area contributed by atoms with E-state index < -0.39 is 6.04 Å². The number of hydrogen-bond acceptors (Lipinski definition) is 5. The Bertz CT molecular complexity index is 867. The van der Waals surface area contributed by atoms with E-state index in [1.165, 1.54) is 37.7 Å². The molecule has 3 rings (SSSR count). The van der Waals surface area contributed by atoms with Gasteiger partial charge in [0.15, 0.2) is 0 Å². The zero-order chi connectivity index (χ0) is 22.1. The normalized spacial score (nSPS) is 14.8. The topological polar surface area (TPSA) is 67.4 Å². The Morgan fingerprint density at radius 1 is 1.10 bits per heavy atom. The van der Waals surface area contributed by atoms with Gasteiger partial charge < -0.3 is 15.4 Å². The average Bonchev–Trinajstić information content (AvgIpc) is 3.30. The molecular formula is C24H30N2O3S2. The van der Waals surface area contributed by atoms with Crippen LogP contribution in [0.3, 0.4) is 0 Å². The molecule has 2 aromatic rings. The minimum absolute atomic E-state index is 0.214. The number of anilines is 1. The molecule has 1 atom stereocenters. The highest BCUT2D eigenvalue weighted by Gasteiger charge is 2.23. The van der Waals surface area contributed by atoms with Crippen LogP contribution in [0.15, 0.2) is 53.4 Å². The fourth-order valence-electron chi connectivity index (χ4n) is 3.62. The van der Waals surface area contributed by atoms with Gasteiger partial charge in [-0.15, -0.1) is 11.8 Å². The van der Waals surface area contributed by atoms with Gasteiger partial charge in [0, 0.05) is 15.8 Å². The molecule has 0 spiro atoms. The summed E-state index contributed by atoms with van der Waals surface area (Å²) in [5.74, 6) is 0.719. The fourth-order valence-corrected chi connectivity index (χ4v) is 5.34. The third-order valence-corrected chi connectivity index (χ3v) is 7.30. The molecule has 0 aliphatic heterocycles. The number of para-hydroxylation sites is 1. The second-order valence-electron chi connectivity index (χ2n) is 7.55. The molecule has 0 heterocycles. The summed E-state index contributed by atoms with van der Waals surface area (Å²) in [5.41, 5.74) is 1.15. The molecule has 1 saturated carbocycles. The third-order valence-electron chi connectivity index (χ3n) is 5.31. The van der Waals surface area contributed by atoms with Gasteiger partial charge in [0.25, 0.3) is 5.91 Å². The summed E-state index contributed by atoms with van der Waals surface area (Å²) in [7, 11) is 1.53. The molecule has 1 aliphatic rings. The van der Waals surface area contributed by atoms with E-state index in [2.05, 4.69) is 22.8 Å². The molecule has 0 bridgehead atoms. The first-order valence-corrected chi connectivity index (χ1v) is 12.9. The summed E-state index contributed by atoms with van der Waals surface area (Å²) < 4.78 is 5.28. The van der Waals surface area contributed by atoms with Crippen LogP contribution in [-0.2, 0) is 4.79 Å². The number of rotatable bonds is 10. The van der Waals surface area contributed by atoms with E-state index in [0.717, 1.165) is 11.4 Å². The molecule has 1 aliphatic carbocycles. The van der Waals surface area contributed by atoms with Gasteiger partial charge in [-0.2, -0.15) is 11.8 Å². The molecule has 7 heteroatoms. The van der Waals surface area contributed by atoms with E-state index in [1.807, 2.05) is 36.2 Å². The van der Waals surface area contributed by atoms with Gasteiger partial charge in [-0.25, -0.2) is 0 Å². The Kier molecular flexibility index (Phi) is 9.15. The van der Waals surface area contributed by atoms with Crippen LogP contribution >= 0.6 is 23.5 Å². The smallest absolute Gasteiger partial charge is 0.255 e. The molecule has 0 aromatic heterocycles. The lowest BCUT2D eigenvalue weighted by Gasteiger charge is -2.19. The molecule has 166 valence electrons. The first kappa shape index (κ1) is 23.5. The summed E-state index contributed by atoms with van der Waals surface area (Å²) in [6.45, 7) is 0. The van der Waals surface area contributed by atoms with Gasteiger partial charge in [0.2, 0.25) is 5.91 Å². The number of carbonyl (C=O) groups excluding carboxylic acids is 2. The van der Waals surface area contributed by atoms with E-state index in [-0.39, 0.29) is 11.8 Å². The van der Waals surface area contributed by atoms with Crippen LogP contribution in [0.25, 0.3) is 0 Å². The van der Waals surface area contributed by atoms with Crippen LogP contribution in [0.2, 0.25) is 0 Å². The van der Waals surface area contributed by atoms with Crippen molar-refractivity contribution in [3.8, 4) is 5.75 Å². The lowest BCUT2D eigenvalue weighted by Crippen LogP contribution is -2.44. The zero-order valence-electron chi connectivity index (χ0n) is 18.1. The maximum absolute atomic E-state index is 12.9. The van der Waals surface area contributed by atoms with Crippen LogP contribution in [0.5, 0.6) is 5.75 Å². The van der Waals surface area contributed by atoms with Crippen LogP contribution < -0.4 is 15.4 Å². The second kappa shape index (κ2) is 12.1. The van der Waals surface area contributed by atoms with Gasteiger partial charge in [-0.3, -0.25) is 9.59 Å². The number of benzene rings is 2. The van der Waals surface area contributed by atoms with Crippen molar-refractivity contribution in [2.45, 2.75) is 48.3 Å². The second-order valence-corrected chi connectivity index (χ2v) is 9.91. The predicted molar refractivity (Wildman–Crippen MR) is 130 cm³/mol. The quantitative estimate of drug-likeness (QED) is 0.511. The third kappa shape index (κ3) is 6.94. The number of hydrogen-bond donors (Lipinski definition) is 2. The molecule has 31 heavy (non-hydrogen) atoms. The van der Waals surface area contributed by atoms with Crippen molar-refractivity contribution in [1.29, 1.82) is 0 Å². The number of amides is 2. The molecule has 0 radical (unpaired) electrons. The van der Waals surface area contributed by atoms with Crippen molar-refractivity contribution in [3.05, 3.63) is 54.1 Å². The molecule has 2 N–H and O–H groups in total. The molecule has 0 saturated heterocycles. The van der Waals surface area contributed by atoms with Gasteiger partial charge in [-0.1, -0.05) is 25.0 Å². The van der Waals surface area contributed by atoms with Crippen molar-refractivity contribution < 1.29 is 14.3 Å². The van der Waals surface area contributed by atoms with E-state index in [1.54, 1.807) is 30.0 Å². The van der Waals surface area contributed by atoms with Crippen LogP contribution in [-0.4, -0.2) is 42.2 Å². The maximum Gasteiger partial charge on any atom is 0.255 e. The predicted octanol–water partition coefficient (Wildman–Crippen LogP) is 5.22. The van der Waals surface area contributed by atoms with Crippen molar-refractivity contribution in [3.63, 3.8) is 0 Å². The van der Waals surface area contributed by atoms with Crippen LogP contribution in [0.4, 0.5) is 5.69 Å². The Labute approximate surface area is 193 Å². The highest BCUT2D eigenvalue weighted by Crippen LogP contribution is 2.35. The van der Waals surface area contributed by atoms with Crippen LogP contribution in [0.1, 0.15) is 42.5 Å². The van der Waals surface area contributed by atoms with Gasteiger partial charge in [0.05, 0.1) is 12.7 Å². The number of ether oxygens (including phenoxy) is 1. The van der Waals surface area contributed by atoms with Crippen molar-refractivity contribution in [1.82, 2.24) is 5.32 Å². The van der Waals surface area contributed by atoms with E-state index in [4.69, 9.17) is 4.74 Å². The average molecular weight is 459 g/mol. The molecular weight excluding hydrogens is 428 g/mol. The lowest BCUT2D eigenvalue weighted by molar-refractivity contribution is -0.118. The fraction of sp³-hybridized carbons (Fsp3) is 0.417. The SMILES string of the molecule is COc1ccccc1C(=O)NC(CCSC)C(=O)Nc1ccc(SC2CCCC2)cc1. The van der Waals surface area contributed by atoms with Crippen LogP contribution in [0, 0.1) is 0 Å². The summed E-state index contributed by atoms with van der Waals surface area (Å²) in [6.07, 6.45) is 7.74. The number of thioether (sulfide) groups is 2. The summed E-state index contributed by atoms with van der Waals surface area (Å²) in [5, 5.41) is 6.54. The van der Waals surface area contributed by atoms with E-state index in [0.29, 0.717) is 23.0 Å². The molecule has 2 aromatic carbocycles. The monoisotopic (exact) mass is 458 g/mol. The number of nitrogens with one attached hydrogen (secondary N) is 2. The highest BCUT2D eigenvalue weighted by atomic mass is 32.2. The van der Waals surface area contributed by atoms with Gasteiger partial charge in [0.1, 0.15) is 11.8 Å². The lowest BCUT2D eigenvalue weighted by atomic mass is 10.1. The maximum atomic E-state index is 12.9. The molecule has 5 nitrogen and oxygen atoms in total. The standard InChI is InChI=1S/C24H30N2O3S2/c1-29-22-10-6-5-9-20(22)23(27)26-21(15-16-30-2)24(28)25-17-11-13-19(14-12-17)31-18-7-3-4-8-18/h5-6,9-14,18,21H,3-4,7-8,15-16H2,1-2H3,(H,25,28)(H,26,27). The minimum atomic E-state index is -0.627. The Morgan fingerprint density at radius 3 is 2.48 bits per heavy atom. The van der Waals surface area contributed by atoms with Crippen molar-refractivity contribution in [2.24, 2.45) is 0 Å². The van der Waals surface area contributed by atoms with Crippen molar-refractivity contribution >= 4 is 41.0 Å². The first-order valence-electron chi connectivity index (χ1n) is 10.6. The zero-order valence-corrected chi connectivity index (χ0v) is 19.7. The Balaban J connectivity index is 1.63. The number of methoxy groups -OCH3 is 1. The minimum Gasteiger partial charge on any atom is -0.496 e. The van der Waals surface area contributed by atoms with E-state index >= 15 is 0 Å². The molecule has 2 amide bonds. The number of carbonyl (C=O) groups is 2. The van der Waals surface area contributed by atoms with Crippen molar-refractivity contribution in [2.75, 3.05) is 24.4 Å². The Hall–Kier alpha value is -2.12. The summed E-state index contributed by atoms with van der Waals surface area (Å²) in [6, 6.07) is 14.4. The largest absolute Gasteiger partial charge is 0.496 e. The Morgan fingerprint density at radius 2 is 1.81 bits per heavy atom. The van der Waals surface area contributed by atoms with E-state index in [9.17, 15) is 9.59 Å². The van der Waals surface area contributed by atoms with Gasteiger partial charge >= 0.3 is 0 Å². The van der Waals surface area contributed by atoms with Gasteiger partial charge in [-0.05, 0) is 67.7 Å². The highest BCUT2D eigenvalue weighted by molar-refractivity contribution is 8.00. The summed E-state index contributed by atoms with van der Waals surface area (Å²) in [4.78, 5) is 26.9. The molecule has 1 unspecified atom stereocenters. The summed E-state index contributed by atoms with van der Waals surface area (Å²) >= 11 is 3.56.